The van der Waals surface area contributed by atoms with Crippen molar-refractivity contribution >= 4 is 28.9 Å². The molecule has 0 bridgehead atoms. The van der Waals surface area contributed by atoms with Crippen LogP contribution in [0.5, 0.6) is 0 Å². The summed E-state index contributed by atoms with van der Waals surface area (Å²) in [6, 6.07) is 5.53. The Morgan fingerprint density at radius 1 is 1.27 bits per heavy atom. The van der Waals surface area contributed by atoms with E-state index in [4.69, 9.17) is 14.2 Å². The zero-order valence-corrected chi connectivity index (χ0v) is 14.7. The Morgan fingerprint density at radius 3 is 2.81 bits per heavy atom. The monoisotopic (exact) mass is 356 g/mol. The number of hydrogen-bond acceptors (Lipinski definition) is 7. The molecule has 9 nitrogen and oxygen atoms in total. The molecule has 0 radical (unpaired) electrons. The molecule has 4 rings (SSSR count). The predicted molar refractivity (Wildman–Crippen MR) is 95.4 cm³/mol. The van der Waals surface area contributed by atoms with Crippen LogP contribution in [0.3, 0.4) is 0 Å². The number of imidazole rings is 1. The third-order valence-electron chi connectivity index (χ3n) is 4.42. The van der Waals surface area contributed by atoms with Crippen LogP contribution in [0.25, 0.3) is 11.0 Å². The van der Waals surface area contributed by atoms with E-state index in [0.717, 1.165) is 30.1 Å². The maximum atomic E-state index is 12.4. The lowest BCUT2D eigenvalue weighted by molar-refractivity contribution is 0.102. The summed E-state index contributed by atoms with van der Waals surface area (Å²) < 4.78 is 12.4. The minimum absolute atomic E-state index is 0.0990. The summed E-state index contributed by atoms with van der Waals surface area (Å²) in [5.74, 6) is 1.12. The number of amides is 1. The van der Waals surface area contributed by atoms with Crippen molar-refractivity contribution < 1.29 is 14.1 Å². The molecule has 26 heavy (non-hydrogen) atoms. The molecule has 9 heteroatoms. The number of ether oxygens (including phenoxy) is 1. The summed E-state index contributed by atoms with van der Waals surface area (Å²) in [6.07, 6.45) is 0.642. The molecule has 0 spiro atoms. The molecule has 1 fully saturated rings. The number of morpholine rings is 1. The van der Waals surface area contributed by atoms with Crippen LogP contribution in [-0.2, 0) is 18.2 Å². The molecule has 0 aliphatic carbocycles. The van der Waals surface area contributed by atoms with Gasteiger partial charge >= 0.3 is 6.01 Å². The van der Waals surface area contributed by atoms with Crippen molar-refractivity contribution in [3.8, 4) is 0 Å². The first-order chi connectivity index (χ1) is 12.7. The van der Waals surface area contributed by atoms with Gasteiger partial charge in [-0.3, -0.25) is 10.1 Å². The number of anilines is 2. The molecule has 136 valence electrons. The molecule has 1 amide bonds. The van der Waals surface area contributed by atoms with Gasteiger partial charge in [0.25, 0.3) is 5.91 Å². The highest BCUT2D eigenvalue weighted by Crippen LogP contribution is 2.23. The van der Waals surface area contributed by atoms with E-state index in [1.54, 1.807) is 12.1 Å². The predicted octanol–water partition coefficient (Wildman–Crippen LogP) is 1.61. The molecule has 1 aromatic carbocycles. The highest BCUT2D eigenvalue weighted by molar-refractivity contribution is 6.05. The summed E-state index contributed by atoms with van der Waals surface area (Å²) in [5, 5.41) is 6.39. The van der Waals surface area contributed by atoms with Gasteiger partial charge in [-0.25, -0.2) is 4.98 Å². The highest BCUT2D eigenvalue weighted by atomic mass is 16.5. The first-order valence-electron chi connectivity index (χ1n) is 8.59. The number of benzene rings is 1. The van der Waals surface area contributed by atoms with Gasteiger partial charge < -0.3 is 18.7 Å². The SMILES string of the molecule is CCc1noc(NC(=O)c2ccc3c(c2)nc(N2CCOCC2)n3C)n1. The average Bonchev–Trinajstić information content (AvgIpc) is 3.26. The molecule has 3 heterocycles. The van der Waals surface area contributed by atoms with Crippen LogP contribution in [0.15, 0.2) is 22.7 Å². The summed E-state index contributed by atoms with van der Waals surface area (Å²) in [4.78, 5) is 23.4. The van der Waals surface area contributed by atoms with Crippen molar-refractivity contribution in [1.82, 2.24) is 19.7 Å². The van der Waals surface area contributed by atoms with Crippen LogP contribution < -0.4 is 10.2 Å². The van der Waals surface area contributed by atoms with Gasteiger partial charge in [-0.2, -0.15) is 4.98 Å². The van der Waals surface area contributed by atoms with Crippen LogP contribution in [0.1, 0.15) is 23.1 Å². The fourth-order valence-electron chi connectivity index (χ4n) is 2.99. The van der Waals surface area contributed by atoms with Crippen molar-refractivity contribution in [3.05, 3.63) is 29.6 Å². The van der Waals surface area contributed by atoms with Crippen molar-refractivity contribution in [2.24, 2.45) is 7.05 Å². The zero-order chi connectivity index (χ0) is 18.1. The smallest absolute Gasteiger partial charge is 0.328 e. The molecule has 1 saturated heterocycles. The number of carbonyl (C=O) groups is 1. The maximum Gasteiger partial charge on any atom is 0.328 e. The molecule has 3 aromatic rings. The van der Waals surface area contributed by atoms with E-state index in [1.165, 1.54) is 0 Å². The molecule has 1 aliphatic rings. The third kappa shape index (κ3) is 3.01. The van der Waals surface area contributed by atoms with Gasteiger partial charge in [-0.05, 0) is 18.2 Å². The fourth-order valence-corrected chi connectivity index (χ4v) is 2.99. The number of rotatable bonds is 4. The van der Waals surface area contributed by atoms with Crippen molar-refractivity contribution in [3.63, 3.8) is 0 Å². The largest absolute Gasteiger partial charge is 0.378 e. The van der Waals surface area contributed by atoms with Gasteiger partial charge in [-0.15, -0.1) is 0 Å². The van der Waals surface area contributed by atoms with E-state index in [0.29, 0.717) is 31.0 Å². The molecular formula is C17H20N6O3. The molecule has 0 atom stereocenters. The number of aromatic nitrogens is 4. The fraction of sp³-hybridized carbons (Fsp3) is 0.412. The van der Waals surface area contributed by atoms with E-state index in [-0.39, 0.29) is 11.9 Å². The number of aryl methyl sites for hydroxylation is 2. The average molecular weight is 356 g/mol. The Morgan fingerprint density at radius 2 is 2.08 bits per heavy atom. The van der Waals surface area contributed by atoms with E-state index >= 15 is 0 Å². The van der Waals surface area contributed by atoms with E-state index < -0.39 is 0 Å². The second-order valence-corrected chi connectivity index (χ2v) is 6.10. The van der Waals surface area contributed by atoms with Crippen LogP contribution in [0.2, 0.25) is 0 Å². The van der Waals surface area contributed by atoms with Gasteiger partial charge in [-0.1, -0.05) is 12.1 Å². The molecule has 0 unspecified atom stereocenters. The summed E-state index contributed by atoms with van der Waals surface area (Å²) in [6.45, 7) is 4.92. The van der Waals surface area contributed by atoms with Gasteiger partial charge in [0.05, 0.1) is 24.2 Å². The van der Waals surface area contributed by atoms with Gasteiger partial charge in [0, 0.05) is 32.1 Å². The lowest BCUT2D eigenvalue weighted by atomic mass is 10.2. The zero-order valence-electron chi connectivity index (χ0n) is 14.7. The number of hydrogen-bond donors (Lipinski definition) is 1. The standard InChI is InChI=1S/C17H20N6O3/c1-3-14-19-16(26-21-14)20-15(24)11-4-5-13-12(10-11)18-17(22(13)2)23-6-8-25-9-7-23/h4-5,10H,3,6-9H2,1-2H3,(H,19,20,21,24). The van der Waals surface area contributed by atoms with Crippen LogP contribution in [-0.4, -0.2) is 51.9 Å². The quantitative estimate of drug-likeness (QED) is 0.758. The molecule has 2 aromatic heterocycles. The van der Waals surface area contributed by atoms with Gasteiger partial charge in [0.2, 0.25) is 5.95 Å². The topological polar surface area (TPSA) is 98.3 Å². The Balaban J connectivity index is 1.59. The van der Waals surface area contributed by atoms with Crippen LogP contribution >= 0.6 is 0 Å². The summed E-state index contributed by atoms with van der Waals surface area (Å²) in [7, 11) is 1.98. The minimum atomic E-state index is -0.309. The second-order valence-electron chi connectivity index (χ2n) is 6.10. The van der Waals surface area contributed by atoms with Crippen LogP contribution in [0, 0.1) is 0 Å². The van der Waals surface area contributed by atoms with E-state index in [2.05, 4.69) is 20.4 Å². The highest BCUT2D eigenvalue weighted by Gasteiger charge is 2.19. The number of nitrogens with zero attached hydrogens (tertiary/aromatic N) is 5. The second kappa shape index (κ2) is 6.75. The Bertz CT molecular complexity index is 941. The molecule has 1 N–H and O–H groups in total. The van der Waals surface area contributed by atoms with Crippen molar-refractivity contribution in [2.75, 3.05) is 36.5 Å². The van der Waals surface area contributed by atoms with E-state index in [1.807, 2.05) is 24.6 Å². The minimum Gasteiger partial charge on any atom is -0.378 e. The molecular weight excluding hydrogens is 336 g/mol. The van der Waals surface area contributed by atoms with Gasteiger partial charge in [0.15, 0.2) is 5.82 Å². The normalized spacial score (nSPS) is 14.8. The maximum absolute atomic E-state index is 12.4. The lowest BCUT2D eigenvalue weighted by Gasteiger charge is -2.27. The van der Waals surface area contributed by atoms with Crippen molar-refractivity contribution in [1.29, 1.82) is 0 Å². The Kier molecular flexibility index (Phi) is 4.29. The van der Waals surface area contributed by atoms with Crippen LogP contribution in [0.4, 0.5) is 12.0 Å². The number of carbonyl (C=O) groups excluding carboxylic acids is 1. The molecule has 1 aliphatic heterocycles. The summed E-state index contributed by atoms with van der Waals surface area (Å²) >= 11 is 0. The Hall–Kier alpha value is -2.94. The lowest BCUT2D eigenvalue weighted by Crippen LogP contribution is -2.37. The van der Waals surface area contributed by atoms with Crippen molar-refractivity contribution in [2.45, 2.75) is 13.3 Å². The van der Waals surface area contributed by atoms with E-state index in [9.17, 15) is 4.79 Å². The third-order valence-corrected chi connectivity index (χ3v) is 4.42. The first kappa shape index (κ1) is 16.5. The number of nitrogens with one attached hydrogen (secondary N) is 1. The first-order valence-corrected chi connectivity index (χ1v) is 8.59. The number of fused-ring (bicyclic) bond motifs is 1. The molecule has 0 saturated carbocycles. The van der Waals surface area contributed by atoms with Gasteiger partial charge in [0.1, 0.15) is 0 Å². The Labute approximate surface area is 149 Å². The summed E-state index contributed by atoms with van der Waals surface area (Å²) in [5.41, 5.74) is 2.22.